The molecule has 2 rings (SSSR count). The molecule has 0 aromatic heterocycles. The Hall–Kier alpha value is -0.0800. The second-order valence-corrected chi connectivity index (χ2v) is 3.48. The zero-order chi connectivity index (χ0) is 7.68. The highest BCUT2D eigenvalue weighted by molar-refractivity contribution is 4.95. The molecule has 0 aromatic rings. The summed E-state index contributed by atoms with van der Waals surface area (Å²) in [6, 6.07) is 0. The monoisotopic (exact) mass is 156 g/mol. The van der Waals surface area contributed by atoms with Crippen LogP contribution in [-0.4, -0.2) is 24.9 Å². The van der Waals surface area contributed by atoms with Gasteiger partial charge in [0.2, 0.25) is 0 Å². The van der Waals surface area contributed by atoms with Crippen molar-refractivity contribution in [1.82, 2.24) is 0 Å². The molecule has 1 saturated heterocycles. The maximum atomic E-state index is 5.66. The van der Waals surface area contributed by atoms with Crippen LogP contribution in [0.25, 0.3) is 0 Å². The van der Waals surface area contributed by atoms with Crippen LogP contribution in [0.4, 0.5) is 0 Å². The van der Waals surface area contributed by atoms with Crippen molar-refractivity contribution in [2.75, 3.05) is 6.61 Å². The first-order valence-corrected chi connectivity index (χ1v) is 4.69. The first kappa shape index (κ1) is 7.56. The van der Waals surface area contributed by atoms with E-state index in [0.717, 1.165) is 13.0 Å². The molecule has 2 aliphatic rings. The molecule has 3 atom stereocenters. The van der Waals surface area contributed by atoms with E-state index in [4.69, 9.17) is 9.47 Å². The van der Waals surface area contributed by atoms with E-state index in [-0.39, 0.29) is 0 Å². The number of hydrogen-bond donors (Lipinski definition) is 0. The lowest BCUT2D eigenvalue weighted by atomic mass is 9.98. The van der Waals surface area contributed by atoms with Crippen molar-refractivity contribution in [3.63, 3.8) is 0 Å². The standard InChI is InChI=1S/C9H16O2/c1-2-6-10-7-4-3-5-8-9(7)11-8/h7-9H,2-6H2,1H3/t7-,8+,9+/m0/s1. The molecule has 11 heavy (non-hydrogen) atoms. The Morgan fingerprint density at radius 3 is 3.18 bits per heavy atom. The third-order valence-electron chi connectivity index (χ3n) is 2.50. The van der Waals surface area contributed by atoms with Crippen LogP contribution in [0.5, 0.6) is 0 Å². The molecule has 1 heterocycles. The number of fused-ring (bicyclic) bond motifs is 1. The van der Waals surface area contributed by atoms with Gasteiger partial charge in [0.25, 0.3) is 0 Å². The molecule has 0 N–H and O–H groups in total. The highest BCUT2D eigenvalue weighted by atomic mass is 16.6. The molecule has 2 nitrogen and oxygen atoms in total. The van der Waals surface area contributed by atoms with Crippen LogP contribution < -0.4 is 0 Å². The molecule has 0 bridgehead atoms. The number of epoxide rings is 1. The summed E-state index contributed by atoms with van der Waals surface area (Å²) in [5.74, 6) is 0. The lowest BCUT2D eigenvalue weighted by Gasteiger charge is -2.18. The topological polar surface area (TPSA) is 21.8 Å². The highest BCUT2D eigenvalue weighted by Crippen LogP contribution is 2.38. The Bertz CT molecular complexity index is 136. The van der Waals surface area contributed by atoms with Gasteiger partial charge in [-0.15, -0.1) is 0 Å². The minimum absolute atomic E-state index is 0.425. The zero-order valence-corrected chi connectivity index (χ0v) is 7.08. The summed E-state index contributed by atoms with van der Waals surface area (Å²) in [7, 11) is 0. The lowest BCUT2D eigenvalue weighted by Crippen LogP contribution is -2.25. The molecule has 1 aliphatic carbocycles. The van der Waals surface area contributed by atoms with Gasteiger partial charge in [-0.3, -0.25) is 0 Å². The fraction of sp³-hybridized carbons (Fsp3) is 1.00. The van der Waals surface area contributed by atoms with Gasteiger partial charge in [0, 0.05) is 6.61 Å². The van der Waals surface area contributed by atoms with Crippen LogP contribution in [-0.2, 0) is 9.47 Å². The van der Waals surface area contributed by atoms with E-state index in [2.05, 4.69) is 6.92 Å². The molecule has 2 fully saturated rings. The highest BCUT2D eigenvalue weighted by Gasteiger charge is 2.47. The minimum atomic E-state index is 0.425. The normalized spacial score (nSPS) is 41.7. The van der Waals surface area contributed by atoms with E-state index in [1.807, 2.05) is 0 Å². The Morgan fingerprint density at radius 1 is 1.45 bits per heavy atom. The molecular weight excluding hydrogens is 140 g/mol. The predicted molar refractivity (Wildman–Crippen MR) is 42.5 cm³/mol. The fourth-order valence-corrected chi connectivity index (χ4v) is 1.85. The van der Waals surface area contributed by atoms with E-state index in [1.165, 1.54) is 19.3 Å². The average molecular weight is 156 g/mol. The predicted octanol–water partition coefficient (Wildman–Crippen LogP) is 1.73. The largest absolute Gasteiger partial charge is 0.375 e. The fourth-order valence-electron chi connectivity index (χ4n) is 1.85. The van der Waals surface area contributed by atoms with Gasteiger partial charge in [0.15, 0.2) is 0 Å². The van der Waals surface area contributed by atoms with Gasteiger partial charge in [0.1, 0.15) is 6.10 Å². The van der Waals surface area contributed by atoms with E-state index in [0.29, 0.717) is 18.3 Å². The van der Waals surface area contributed by atoms with Crippen molar-refractivity contribution >= 4 is 0 Å². The average Bonchev–Trinajstić information content (AvgIpc) is 2.79. The molecule has 1 saturated carbocycles. The summed E-state index contributed by atoms with van der Waals surface area (Å²) < 4.78 is 11.1. The molecule has 0 spiro atoms. The maximum Gasteiger partial charge on any atom is 0.110 e. The maximum absolute atomic E-state index is 5.66. The molecular formula is C9H16O2. The zero-order valence-electron chi connectivity index (χ0n) is 7.08. The van der Waals surface area contributed by atoms with Crippen molar-refractivity contribution in [2.24, 2.45) is 0 Å². The summed E-state index contributed by atoms with van der Waals surface area (Å²) in [5.41, 5.74) is 0. The summed E-state index contributed by atoms with van der Waals surface area (Å²) in [6.45, 7) is 3.05. The van der Waals surface area contributed by atoms with Gasteiger partial charge in [-0.25, -0.2) is 0 Å². The second kappa shape index (κ2) is 3.11. The van der Waals surface area contributed by atoms with Crippen LogP contribution in [0, 0.1) is 0 Å². The van der Waals surface area contributed by atoms with Gasteiger partial charge < -0.3 is 9.47 Å². The SMILES string of the molecule is CCCO[C@H]1CCC[C@H]2O[C@H]12. The third-order valence-corrected chi connectivity index (χ3v) is 2.50. The van der Waals surface area contributed by atoms with Crippen molar-refractivity contribution in [3.8, 4) is 0 Å². The quantitative estimate of drug-likeness (QED) is 0.580. The van der Waals surface area contributed by atoms with Crippen LogP contribution in [0.3, 0.4) is 0 Å². The van der Waals surface area contributed by atoms with Crippen molar-refractivity contribution in [1.29, 1.82) is 0 Å². The van der Waals surface area contributed by atoms with Gasteiger partial charge >= 0.3 is 0 Å². The van der Waals surface area contributed by atoms with Crippen molar-refractivity contribution in [3.05, 3.63) is 0 Å². The van der Waals surface area contributed by atoms with Crippen molar-refractivity contribution in [2.45, 2.75) is 50.9 Å². The summed E-state index contributed by atoms with van der Waals surface area (Å²) in [5, 5.41) is 0. The molecule has 0 unspecified atom stereocenters. The molecule has 2 heteroatoms. The first-order chi connectivity index (χ1) is 5.42. The van der Waals surface area contributed by atoms with Crippen LogP contribution in [0.15, 0.2) is 0 Å². The molecule has 0 radical (unpaired) electrons. The Balaban J connectivity index is 1.75. The number of ether oxygens (including phenoxy) is 2. The van der Waals surface area contributed by atoms with Crippen LogP contribution >= 0.6 is 0 Å². The number of rotatable bonds is 3. The van der Waals surface area contributed by atoms with Crippen LogP contribution in [0.1, 0.15) is 32.6 Å². The van der Waals surface area contributed by atoms with Gasteiger partial charge in [-0.2, -0.15) is 0 Å². The Labute approximate surface area is 67.9 Å². The van der Waals surface area contributed by atoms with Crippen molar-refractivity contribution < 1.29 is 9.47 Å². The van der Waals surface area contributed by atoms with Gasteiger partial charge in [-0.1, -0.05) is 6.92 Å². The van der Waals surface area contributed by atoms with E-state index in [9.17, 15) is 0 Å². The smallest absolute Gasteiger partial charge is 0.110 e. The van der Waals surface area contributed by atoms with Gasteiger partial charge in [-0.05, 0) is 25.7 Å². The molecule has 0 amide bonds. The summed E-state index contributed by atoms with van der Waals surface area (Å²) >= 11 is 0. The molecule has 0 aromatic carbocycles. The Morgan fingerprint density at radius 2 is 2.36 bits per heavy atom. The molecule has 1 aliphatic heterocycles. The van der Waals surface area contributed by atoms with E-state index in [1.54, 1.807) is 0 Å². The minimum Gasteiger partial charge on any atom is -0.375 e. The Kier molecular flexibility index (Phi) is 2.14. The molecule has 64 valence electrons. The van der Waals surface area contributed by atoms with Gasteiger partial charge in [0.05, 0.1) is 12.2 Å². The third kappa shape index (κ3) is 1.57. The lowest BCUT2D eigenvalue weighted by molar-refractivity contribution is 0.0254. The summed E-state index contributed by atoms with van der Waals surface area (Å²) in [6.07, 6.45) is 6.33. The summed E-state index contributed by atoms with van der Waals surface area (Å²) in [4.78, 5) is 0. The first-order valence-electron chi connectivity index (χ1n) is 4.69. The van der Waals surface area contributed by atoms with Crippen LogP contribution in [0.2, 0.25) is 0 Å². The van der Waals surface area contributed by atoms with E-state index < -0.39 is 0 Å². The second-order valence-electron chi connectivity index (χ2n) is 3.48. The number of hydrogen-bond acceptors (Lipinski definition) is 2. The van der Waals surface area contributed by atoms with E-state index >= 15 is 0 Å².